The second kappa shape index (κ2) is 7.87. The maximum atomic E-state index is 13.0. The van der Waals surface area contributed by atoms with Gasteiger partial charge in [-0.3, -0.25) is 4.55 Å². The largest absolute Gasteiger partial charge is 0.508 e. The fraction of sp³-hybridized carbons (Fsp3) is 0.0526. The van der Waals surface area contributed by atoms with E-state index in [9.17, 15) is 23.2 Å². The van der Waals surface area contributed by atoms with Gasteiger partial charge in [-0.15, -0.1) is 0 Å². The average molecular weight is 494 g/mol. The van der Waals surface area contributed by atoms with Gasteiger partial charge in [0.2, 0.25) is 0 Å². The molecule has 3 N–H and O–H groups in total. The molecular formula is C19H12Cl4O5S. The van der Waals surface area contributed by atoms with Gasteiger partial charge in [-0.05, 0) is 42.0 Å². The predicted molar refractivity (Wildman–Crippen MR) is 114 cm³/mol. The van der Waals surface area contributed by atoms with Crippen molar-refractivity contribution in [1.82, 2.24) is 0 Å². The highest BCUT2D eigenvalue weighted by Gasteiger charge is 2.51. The topological polar surface area (TPSA) is 94.8 Å². The van der Waals surface area contributed by atoms with Crippen molar-refractivity contribution in [3.63, 3.8) is 0 Å². The smallest absolute Gasteiger partial charge is 0.283 e. The number of hydrogen-bond acceptors (Lipinski definition) is 4. The second-order valence-electron chi connectivity index (χ2n) is 6.12. The number of phenolic OH excluding ortho intramolecular Hbond substituents is 2. The Morgan fingerprint density at radius 2 is 1.45 bits per heavy atom. The van der Waals surface area contributed by atoms with Crippen LogP contribution in [0.1, 0.15) is 16.7 Å². The molecule has 3 aromatic carbocycles. The lowest BCUT2D eigenvalue weighted by atomic mass is 9.83. The Labute approximate surface area is 186 Å². The van der Waals surface area contributed by atoms with Gasteiger partial charge in [0.15, 0.2) is 4.75 Å². The number of benzene rings is 3. The van der Waals surface area contributed by atoms with Crippen LogP contribution in [0.3, 0.4) is 0 Å². The Morgan fingerprint density at radius 3 is 2.07 bits per heavy atom. The lowest BCUT2D eigenvalue weighted by Gasteiger charge is -2.34. The lowest BCUT2D eigenvalue weighted by Crippen LogP contribution is -2.39. The molecular weight excluding hydrogens is 482 g/mol. The van der Waals surface area contributed by atoms with E-state index < -0.39 is 31.4 Å². The van der Waals surface area contributed by atoms with E-state index >= 15 is 0 Å². The van der Waals surface area contributed by atoms with E-state index in [0.29, 0.717) is 0 Å². The molecule has 0 aromatic heterocycles. The molecule has 0 fully saturated rings. The summed E-state index contributed by atoms with van der Waals surface area (Å²) in [7, 11) is -5.11. The molecule has 1 unspecified atom stereocenters. The van der Waals surface area contributed by atoms with Gasteiger partial charge in [0.1, 0.15) is 11.5 Å². The number of rotatable bonds is 4. The van der Waals surface area contributed by atoms with Crippen LogP contribution >= 0.6 is 46.4 Å². The van der Waals surface area contributed by atoms with Crippen LogP contribution in [-0.2, 0) is 14.9 Å². The summed E-state index contributed by atoms with van der Waals surface area (Å²) in [6, 6.07) is 11.6. The normalized spacial score (nSPS) is 13.8. The third-order valence-electron chi connectivity index (χ3n) is 4.34. The monoisotopic (exact) mass is 492 g/mol. The van der Waals surface area contributed by atoms with Crippen LogP contribution in [0.4, 0.5) is 0 Å². The fourth-order valence-electron chi connectivity index (χ4n) is 3.21. The number of halogens is 4. The number of aromatic hydroxyl groups is 2. The van der Waals surface area contributed by atoms with Crippen molar-refractivity contribution >= 4 is 56.5 Å². The van der Waals surface area contributed by atoms with E-state index in [-0.39, 0.29) is 31.8 Å². The molecule has 1 atom stereocenters. The second-order valence-corrected chi connectivity index (χ2v) is 9.34. The first-order valence-electron chi connectivity index (χ1n) is 7.89. The predicted octanol–water partition coefficient (Wildman–Crippen LogP) is 5.89. The molecule has 0 heterocycles. The Kier molecular flexibility index (Phi) is 5.98. The minimum atomic E-state index is -5.11. The molecule has 3 aromatic rings. The van der Waals surface area contributed by atoms with Crippen molar-refractivity contribution in [2.45, 2.75) is 4.75 Å². The van der Waals surface area contributed by atoms with Gasteiger partial charge in [-0.2, -0.15) is 8.42 Å². The molecule has 152 valence electrons. The van der Waals surface area contributed by atoms with E-state index in [0.717, 1.165) is 12.1 Å². The zero-order chi connectivity index (χ0) is 21.6. The summed E-state index contributed by atoms with van der Waals surface area (Å²) in [4.78, 5) is 0. The number of hydrogen-bond donors (Lipinski definition) is 3. The molecule has 5 nitrogen and oxygen atoms in total. The lowest BCUT2D eigenvalue weighted by molar-refractivity contribution is 0.444. The van der Waals surface area contributed by atoms with Crippen LogP contribution in [0, 0.1) is 0 Å². The molecule has 29 heavy (non-hydrogen) atoms. The first-order chi connectivity index (χ1) is 13.5. The zero-order valence-corrected chi connectivity index (χ0v) is 18.1. The summed E-state index contributed by atoms with van der Waals surface area (Å²) in [6.45, 7) is 0. The van der Waals surface area contributed by atoms with Crippen LogP contribution in [0.25, 0.3) is 0 Å². The Morgan fingerprint density at radius 1 is 0.793 bits per heavy atom. The molecule has 0 saturated heterocycles. The van der Waals surface area contributed by atoms with E-state index in [1.807, 2.05) is 0 Å². The van der Waals surface area contributed by atoms with Gasteiger partial charge in [0.25, 0.3) is 10.1 Å². The molecule has 0 bridgehead atoms. The van der Waals surface area contributed by atoms with Crippen LogP contribution in [0.2, 0.25) is 20.1 Å². The first-order valence-corrected chi connectivity index (χ1v) is 10.8. The van der Waals surface area contributed by atoms with Crippen LogP contribution < -0.4 is 0 Å². The molecule has 0 aliphatic heterocycles. The van der Waals surface area contributed by atoms with Gasteiger partial charge in [0.05, 0.1) is 5.02 Å². The molecule has 0 aliphatic rings. The summed E-state index contributed by atoms with van der Waals surface area (Å²) in [5.41, 5.74) is -0.530. The highest BCUT2D eigenvalue weighted by molar-refractivity contribution is 7.87. The molecule has 0 radical (unpaired) electrons. The molecule has 0 saturated carbocycles. The molecule has 0 aliphatic carbocycles. The SMILES string of the molecule is O=S(=O)(O)C(c1cccc(Cl)c1)(c1cc(Cl)ccc1Cl)c1cc(O)cc(O)c1Cl. The minimum Gasteiger partial charge on any atom is -0.508 e. The number of phenols is 2. The van der Waals surface area contributed by atoms with Gasteiger partial charge >= 0.3 is 0 Å². The van der Waals surface area contributed by atoms with Crippen molar-refractivity contribution in [2.75, 3.05) is 0 Å². The van der Waals surface area contributed by atoms with Crippen molar-refractivity contribution < 1.29 is 23.2 Å². The Hall–Kier alpha value is -1.67. The minimum absolute atomic E-state index is 0.0384. The average Bonchev–Trinajstić information content (AvgIpc) is 2.61. The van der Waals surface area contributed by atoms with Gasteiger partial charge in [0, 0.05) is 32.3 Å². The quantitative estimate of drug-likeness (QED) is 0.311. The van der Waals surface area contributed by atoms with Crippen molar-refractivity contribution in [2.24, 2.45) is 0 Å². The fourth-order valence-corrected chi connectivity index (χ4v) is 5.50. The highest BCUT2D eigenvalue weighted by atomic mass is 35.5. The molecule has 10 heteroatoms. The van der Waals surface area contributed by atoms with Crippen LogP contribution in [0.5, 0.6) is 11.5 Å². The van der Waals surface area contributed by atoms with Crippen molar-refractivity contribution in [3.8, 4) is 11.5 Å². The first kappa shape index (κ1) is 22.0. The highest BCUT2D eigenvalue weighted by Crippen LogP contribution is 2.51. The molecule has 0 spiro atoms. The Bertz CT molecular complexity index is 1210. The van der Waals surface area contributed by atoms with E-state index in [2.05, 4.69) is 0 Å². The standard InChI is InChI=1S/C19H12Cl4O5S/c20-11-3-1-2-10(6-11)19(29(26,27)28,14-7-12(21)4-5-16(14)22)15-8-13(24)9-17(25)18(15)23/h1-9,24-25H,(H,26,27,28). The van der Waals surface area contributed by atoms with Crippen molar-refractivity contribution in [1.29, 1.82) is 0 Å². The summed E-state index contributed by atoms with van der Waals surface area (Å²) in [6.07, 6.45) is 0. The summed E-state index contributed by atoms with van der Waals surface area (Å²) in [5.74, 6) is -1.09. The van der Waals surface area contributed by atoms with E-state index in [4.69, 9.17) is 46.4 Å². The zero-order valence-electron chi connectivity index (χ0n) is 14.3. The van der Waals surface area contributed by atoms with Crippen LogP contribution in [-0.4, -0.2) is 23.2 Å². The maximum absolute atomic E-state index is 13.0. The maximum Gasteiger partial charge on any atom is 0.283 e. The summed E-state index contributed by atoms with van der Waals surface area (Å²) >= 11 is 24.7. The van der Waals surface area contributed by atoms with Gasteiger partial charge in [-0.1, -0.05) is 58.5 Å². The van der Waals surface area contributed by atoms with Crippen LogP contribution in [0.15, 0.2) is 54.6 Å². The summed E-state index contributed by atoms with van der Waals surface area (Å²) < 4.78 is 34.0. The van der Waals surface area contributed by atoms with Crippen molar-refractivity contribution in [3.05, 3.63) is 91.4 Å². The van der Waals surface area contributed by atoms with E-state index in [1.54, 1.807) is 0 Å². The molecule has 0 amide bonds. The molecule has 3 rings (SSSR count). The summed E-state index contributed by atoms with van der Waals surface area (Å²) in [5, 5.41) is 20.0. The third kappa shape index (κ3) is 3.77. The van der Waals surface area contributed by atoms with Gasteiger partial charge < -0.3 is 10.2 Å². The van der Waals surface area contributed by atoms with Gasteiger partial charge in [-0.25, -0.2) is 0 Å². The third-order valence-corrected chi connectivity index (χ3v) is 6.99. The Balaban J connectivity index is 2.65. The van der Waals surface area contributed by atoms with E-state index in [1.165, 1.54) is 42.5 Å².